The van der Waals surface area contributed by atoms with Crippen LogP contribution in [0.1, 0.15) is 11.4 Å². The van der Waals surface area contributed by atoms with Crippen molar-refractivity contribution in [3.63, 3.8) is 0 Å². The van der Waals surface area contributed by atoms with Gasteiger partial charge in [-0.05, 0) is 53.1 Å². The number of alkyl halides is 7. The van der Waals surface area contributed by atoms with Gasteiger partial charge in [-0.2, -0.15) is 8.78 Å². The molecule has 2 aromatic heterocycles. The van der Waals surface area contributed by atoms with Crippen molar-refractivity contribution in [3.05, 3.63) is 72.2 Å². The number of nitrogens with zero attached hydrogens (tertiary/aromatic N) is 3. The molecule has 5 rings (SSSR count). The maximum Gasteiger partial charge on any atom is 0.586 e. The zero-order valence-electron chi connectivity index (χ0n) is 17.6. The van der Waals surface area contributed by atoms with Crippen LogP contribution in [-0.4, -0.2) is 27.3 Å². The van der Waals surface area contributed by atoms with Crippen molar-refractivity contribution in [2.45, 2.75) is 25.4 Å². The first-order valence-electron chi connectivity index (χ1n) is 10.0. The molecular formula is C22H12F7N3O4. The van der Waals surface area contributed by atoms with Crippen LogP contribution in [0, 0.1) is 0 Å². The van der Waals surface area contributed by atoms with E-state index in [-0.39, 0.29) is 22.7 Å². The van der Waals surface area contributed by atoms with Gasteiger partial charge < -0.3 is 18.9 Å². The Morgan fingerprint density at radius 2 is 1.53 bits per heavy atom. The molecule has 188 valence electrons. The van der Waals surface area contributed by atoms with Crippen LogP contribution in [0.25, 0.3) is 16.8 Å². The molecule has 0 radical (unpaired) electrons. The Morgan fingerprint density at radius 3 is 2.25 bits per heavy atom. The molecule has 0 N–H and O–H groups in total. The number of rotatable bonds is 6. The Labute approximate surface area is 196 Å². The van der Waals surface area contributed by atoms with E-state index >= 15 is 0 Å². The van der Waals surface area contributed by atoms with E-state index in [1.165, 1.54) is 36.5 Å². The van der Waals surface area contributed by atoms with Crippen LogP contribution in [0.2, 0.25) is 0 Å². The number of hydrogen-bond donors (Lipinski definition) is 0. The lowest BCUT2D eigenvalue weighted by molar-refractivity contribution is -0.287. The van der Waals surface area contributed by atoms with Crippen molar-refractivity contribution in [3.8, 4) is 28.4 Å². The number of hydrogen-bond acceptors (Lipinski definition) is 6. The molecular weight excluding hydrogens is 503 g/mol. The standard InChI is InChI=1S/C22H12F7N3O4/c23-20(24,33-11-12-1-7-16-17(9-12)36-22(28,29)35-16)19-31-30-18-8-4-14(10-32(18)19)13-2-5-15(6-3-13)34-21(25,26)27/h1-10H,11H2. The number of pyridine rings is 1. The van der Waals surface area contributed by atoms with Crippen LogP contribution in [0.5, 0.6) is 17.2 Å². The molecule has 36 heavy (non-hydrogen) atoms. The highest BCUT2D eigenvalue weighted by molar-refractivity contribution is 5.65. The highest BCUT2D eigenvalue weighted by atomic mass is 19.4. The molecule has 2 aromatic carbocycles. The molecule has 0 aliphatic carbocycles. The van der Waals surface area contributed by atoms with Crippen LogP contribution < -0.4 is 14.2 Å². The van der Waals surface area contributed by atoms with Gasteiger partial charge in [0.15, 0.2) is 17.1 Å². The minimum Gasteiger partial charge on any atom is -0.406 e. The lowest BCUT2D eigenvalue weighted by atomic mass is 10.1. The molecule has 0 saturated carbocycles. The molecule has 1 aliphatic heterocycles. The van der Waals surface area contributed by atoms with Gasteiger partial charge >= 0.3 is 18.8 Å². The molecule has 1 aliphatic rings. The maximum absolute atomic E-state index is 14.9. The van der Waals surface area contributed by atoms with E-state index in [1.807, 2.05) is 0 Å². The molecule has 0 fully saturated rings. The Bertz CT molecular complexity index is 1420. The van der Waals surface area contributed by atoms with Crippen LogP contribution in [0.15, 0.2) is 60.8 Å². The fourth-order valence-electron chi connectivity index (χ4n) is 3.43. The molecule has 7 nitrogen and oxygen atoms in total. The van der Waals surface area contributed by atoms with Crippen LogP contribution in [0.4, 0.5) is 30.7 Å². The number of fused-ring (bicyclic) bond motifs is 2. The summed E-state index contributed by atoms with van der Waals surface area (Å²) >= 11 is 0. The SMILES string of the molecule is FC(F)(F)Oc1ccc(-c2ccc3nnc(C(F)(F)OCc4ccc5c(c4)OC(F)(F)O5)n3c2)cc1. The predicted octanol–water partition coefficient (Wildman–Crippen LogP) is 5.88. The zero-order chi connectivity index (χ0) is 25.7. The van der Waals surface area contributed by atoms with E-state index < -0.39 is 36.9 Å². The lowest BCUT2D eigenvalue weighted by Crippen LogP contribution is -2.25. The monoisotopic (exact) mass is 515 g/mol. The second-order valence-corrected chi connectivity index (χ2v) is 7.50. The van der Waals surface area contributed by atoms with Crippen molar-refractivity contribution in [1.29, 1.82) is 0 Å². The molecule has 0 spiro atoms. The molecule has 3 heterocycles. The van der Waals surface area contributed by atoms with Crippen molar-refractivity contribution < 1.29 is 49.7 Å². The number of benzene rings is 2. The van der Waals surface area contributed by atoms with E-state index in [0.29, 0.717) is 11.1 Å². The molecule has 0 atom stereocenters. The van der Waals surface area contributed by atoms with Crippen molar-refractivity contribution in [1.82, 2.24) is 14.6 Å². The van der Waals surface area contributed by atoms with Gasteiger partial charge in [0.2, 0.25) is 5.82 Å². The highest BCUT2D eigenvalue weighted by Gasteiger charge is 2.44. The number of aromatic nitrogens is 3. The molecule has 0 bridgehead atoms. The molecule has 0 unspecified atom stereocenters. The van der Waals surface area contributed by atoms with Crippen molar-refractivity contribution in [2.24, 2.45) is 0 Å². The molecule has 14 heteroatoms. The van der Waals surface area contributed by atoms with E-state index in [1.54, 1.807) is 0 Å². The van der Waals surface area contributed by atoms with Crippen LogP contribution in [0.3, 0.4) is 0 Å². The average molecular weight is 515 g/mol. The smallest absolute Gasteiger partial charge is 0.406 e. The third-order valence-corrected chi connectivity index (χ3v) is 4.97. The van der Waals surface area contributed by atoms with Crippen LogP contribution >= 0.6 is 0 Å². The minimum atomic E-state index is -4.85. The van der Waals surface area contributed by atoms with Gasteiger partial charge in [-0.15, -0.1) is 32.1 Å². The Hall–Kier alpha value is -4.07. The quantitative estimate of drug-likeness (QED) is 0.299. The summed E-state index contributed by atoms with van der Waals surface area (Å²) < 4.78 is 111. The van der Waals surface area contributed by atoms with Gasteiger partial charge in [0.05, 0.1) is 6.61 Å². The summed E-state index contributed by atoms with van der Waals surface area (Å²) in [6.07, 6.45) is -11.4. The topological polar surface area (TPSA) is 67.1 Å². The largest absolute Gasteiger partial charge is 0.586 e. The van der Waals surface area contributed by atoms with Gasteiger partial charge in [0, 0.05) is 6.20 Å². The van der Waals surface area contributed by atoms with Gasteiger partial charge in [-0.1, -0.05) is 18.2 Å². The summed E-state index contributed by atoms with van der Waals surface area (Å²) in [4.78, 5) is 0. The number of ether oxygens (including phenoxy) is 4. The Morgan fingerprint density at radius 1 is 0.833 bits per heavy atom. The summed E-state index contributed by atoms with van der Waals surface area (Å²) in [6, 6.07) is 11.2. The van der Waals surface area contributed by atoms with Crippen molar-refractivity contribution in [2.75, 3.05) is 0 Å². The maximum atomic E-state index is 14.9. The zero-order valence-corrected chi connectivity index (χ0v) is 17.6. The van der Waals surface area contributed by atoms with E-state index in [2.05, 4.69) is 24.4 Å². The normalized spacial score (nSPS) is 14.9. The highest BCUT2D eigenvalue weighted by Crippen LogP contribution is 2.41. The Kier molecular flexibility index (Phi) is 5.43. The first-order valence-corrected chi connectivity index (χ1v) is 10.0. The third-order valence-electron chi connectivity index (χ3n) is 4.97. The fourth-order valence-corrected chi connectivity index (χ4v) is 3.43. The lowest BCUT2D eigenvalue weighted by Gasteiger charge is -2.16. The summed E-state index contributed by atoms with van der Waals surface area (Å²) in [5.41, 5.74) is 0.937. The second-order valence-electron chi connectivity index (χ2n) is 7.50. The van der Waals surface area contributed by atoms with Gasteiger partial charge in [0.25, 0.3) is 0 Å². The van der Waals surface area contributed by atoms with Crippen molar-refractivity contribution >= 4 is 5.65 Å². The summed E-state index contributed by atoms with van der Waals surface area (Å²) in [5, 5.41) is 7.17. The van der Waals surface area contributed by atoms with Gasteiger partial charge in [-0.3, -0.25) is 4.40 Å². The molecule has 0 amide bonds. The molecule has 4 aromatic rings. The van der Waals surface area contributed by atoms with Crippen LogP contribution in [-0.2, 0) is 17.5 Å². The van der Waals surface area contributed by atoms with Gasteiger partial charge in [0.1, 0.15) is 5.75 Å². The predicted molar refractivity (Wildman–Crippen MR) is 106 cm³/mol. The summed E-state index contributed by atoms with van der Waals surface area (Å²) in [7, 11) is 0. The molecule has 0 saturated heterocycles. The Balaban J connectivity index is 1.36. The van der Waals surface area contributed by atoms with E-state index in [4.69, 9.17) is 4.74 Å². The summed E-state index contributed by atoms with van der Waals surface area (Å²) in [6.45, 7) is -0.690. The van der Waals surface area contributed by atoms with Gasteiger partial charge in [-0.25, -0.2) is 0 Å². The second kappa shape index (κ2) is 8.26. The average Bonchev–Trinajstić information content (AvgIpc) is 3.36. The van der Waals surface area contributed by atoms with E-state index in [0.717, 1.165) is 28.7 Å². The first-order chi connectivity index (χ1) is 16.9. The fraction of sp³-hybridized carbons (Fsp3) is 0.182. The minimum absolute atomic E-state index is 0.0550. The first kappa shape index (κ1) is 23.7. The third kappa shape index (κ3) is 4.84. The number of halogens is 7. The van der Waals surface area contributed by atoms with E-state index in [9.17, 15) is 30.7 Å². The summed E-state index contributed by atoms with van der Waals surface area (Å²) in [5.74, 6) is -1.88.